The molecule has 0 aliphatic carbocycles. The van der Waals surface area contributed by atoms with E-state index in [1.807, 2.05) is 12.4 Å². The van der Waals surface area contributed by atoms with Crippen LogP contribution in [0.4, 0.5) is 0 Å². The zero-order chi connectivity index (χ0) is 28.8. The van der Waals surface area contributed by atoms with Gasteiger partial charge in [0.05, 0.1) is 27.6 Å². The van der Waals surface area contributed by atoms with Gasteiger partial charge in [0, 0.05) is 50.4 Å². The smallest absolute Gasteiger partial charge is 0.0621 e. The maximum Gasteiger partial charge on any atom is 0.0621 e. The lowest BCUT2D eigenvalue weighted by molar-refractivity contribution is 1.18. The van der Waals surface area contributed by atoms with Crippen LogP contribution in [0.1, 0.15) is 0 Å². The van der Waals surface area contributed by atoms with E-state index in [1.165, 1.54) is 82.2 Å². The van der Waals surface area contributed by atoms with Crippen LogP contribution in [-0.4, -0.2) is 14.0 Å². The topological polar surface area (TPSA) is 22.2 Å². The molecule has 0 aliphatic rings. The quantitative estimate of drug-likeness (QED) is 0.211. The van der Waals surface area contributed by atoms with Crippen LogP contribution in [0.2, 0.25) is 0 Å². The number of para-hydroxylation sites is 2. The van der Waals surface area contributed by atoms with E-state index >= 15 is 0 Å². The summed E-state index contributed by atoms with van der Waals surface area (Å²) in [4.78, 5) is 4.43. The zero-order valence-corrected chi connectivity index (χ0v) is 23.8. The highest BCUT2D eigenvalue weighted by Gasteiger charge is 2.18. The number of hydrogen-bond acceptors (Lipinski definition) is 1. The summed E-state index contributed by atoms with van der Waals surface area (Å²) in [5.74, 6) is 0. The van der Waals surface area contributed by atoms with Crippen molar-refractivity contribution < 1.29 is 0 Å². The summed E-state index contributed by atoms with van der Waals surface area (Å²) in [6.07, 6.45) is 3.89. The molecule has 0 unspecified atom stereocenters. The third kappa shape index (κ3) is 3.18. The highest BCUT2D eigenvalue weighted by Crippen LogP contribution is 2.41. The number of nitrogens with zero attached hydrogens (tertiary/aromatic N) is 3. The summed E-state index contributed by atoms with van der Waals surface area (Å²) in [6.45, 7) is 0. The fourth-order valence-corrected chi connectivity index (χ4v) is 7.37. The van der Waals surface area contributed by atoms with Crippen molar-refractivity contribution in [3.05, 3.63) is 152 Å². The molecule has 3 heteroatoms. The Balaban J connectivity index is 1.17. The van der Waals surface area contributed by atoms with Crippen molar-refractivity contribution >= 4 is 59.9 Å². The molecule has 0 amide bonds. The average Bonchev–Trinajstić information content (AvgIpc) is 3.73. The molecule has 0 radical (unpaired) electrons. The molecule has 0 saturated heterocycles. The van der Waals surface area contributed by atoms with E-state index in [1.54, 1.807) is 0 Å². The highest BCUT2D eigenvalue weighted by molar-refractivity contribution is 6.23. The van der Waals surface area contributed by atoms with Gasteiger partial charge in [-0.15, -0.1) is 0 Å². The van der Waals surface area contributed by atoms with Crippen molar-refractivity contribution in [3.63, 3.8) is 0 Å². The third-order valence-electron chi connectivity index (χ3n) is 9.36. The maximum absolute atomic E-state index is 4.43. The van der Waals surface area contributed by atoms with Gasteiger partial charge in [0.1, 0.15) is 0 Å². The number of pyridine rings is 1. The summed E-state index contributed by atoms with van der Waals surface area (Å²) in [5.41, 5.74) is 12.2. The van der Waals surface area contributed by atoms with Crippen molar-refractivity contribution in [1.82, 2.24) is 14.0 Å². The van der Waals surface area contributed by atoms with Crippen molar-refractivity contribution in [2.75, 3.05) is 0 Å². The predicted molar refractivity (Wildman–Crippen MR) is 184 cm³/mol. The number of fused-ring (bicyclic) bond motifs is 9. The Morgan fingerprint density at radius 3 is 1.93 bits per heavy atom. The van der Waals surface area contributed by atoms with E-state index in [4.69, 9.17) is 0 Å². The van der Waals surface area contributed by atoms with Gasteiger partial charge < -0.3 is 8.97 Å². The third-order valence-corrected chi connectivity index (χ3v) is 9.36. The molecule has 0 bridgehead atoms. The minimum Gasteiger partial charge on any atom is -0.309 e. The van der Waals surface area contributed by atoms with Crippen LogP contribution in [0.25, 0.3) is 87.8 Å². The van der Waals surface area contributed by atoms with Gasteiger partial charge in [-0.1, -0.05) is 97.1 Å². The fourth-order valence-electron chi connectivity index (χ4n) is 7.37. The summed E-state index contributed by atoms with van der Waals surface area (Å²) in [5, 5.41) is 7.55. The van der Waals surface area contributed by atoms with Gasteiger partial charge >= 0.3 is 0 Å². The molecular formula is C41H25N3. The first-order chi connectivity index (χ1) is 21.8. The molecule has 44 heavy (non-hydrogen) atoms. The Morgan fingerprint density at radius 2 is 1.05 bits per heavy atom. The van der Waals surface area contributed by atoms with Crippen molar-refractivity contribution in [2.45, 2.75) is 0 Å². The second kappa shape index (κ2) is 8.79. The lowest BCUT2D eigenvalue weighted by Gasteiger charge is -2.10. The van der Waals surface area contributed by atoms with Crippen LogP contribution < -0.4 is 0 Å². The van der Waals surface area contributed by atoms with Gasteiger partial charge in [0.15, 0.2) is 0 Å². The predicted octanol–water partition coefficient (Wildman–Crippen LogP) is 10.7. The van der Waals surface area contributed by atoms with Crippen molar-refractivity contribution in [1.29, 1.82) is 0 Å². The molecule has 0 spiro atoms. The van der Waals surface area contributed by atoms with E-state index in [9.17, 15) is 0 Å². The standard InChI is InChI=1S/C41H25N3/c1-2-7-26(8-3-1)27-13-17-30(18-14-27)43-37-12-5-4-9-31(37)35-23-28(16-20-38(35)43)29-15-19-32-33-10-6-11-34-36-25-42-22-21-39(36)44(41(33)34)40(32)24-29/h1-25H. The van der Waals surface area contributed by atoms with E-state index in [0.717, 1.165) is 5.69 Å². The van der Waals surface area contributed by atoms with Gasteiger partial charge in [0.2, 0.25) is 0 Å². The highest BCUT2D eigenvalue weighted by atomic mass is 15.0. The molecule has 0 fully saturated rings. The molecule has 10 aromatic rings. The van der Waals surface area contributed by atoms with Crippen LogP contribution in [0.3, 0.4) is 0 Å². The van der Waals surface area contributed by atoms with Gasteiger partial charge in [-0.3, -0.25) is 4.98 Å². The van der Waals surface area contributed by atoms with Gasteiger partial charge in [-0.25, -0.2) is 0 Å². The summed E-state index contributed by atoms with van der Waals surface area (Å²) < 4.78 is 4.81. The molecule has 0 N–H and O–H groups in total. The Morgan fingerprint density at radius 1 is 0.386 bits per heavy atom. The first-order valence-electron chi connectivity index (χ1n) is 15.0. The number of benzene rings is 6. The minimum absolute atomic E-state index is 1.16. The SMILES string of the molecule is c1ccc(-c2ccc(-n3c4ccccc4c4cc(-c5ccc6c7cccc8c9cnccc9n(c6c5)c87)ccc43)cc2)cc1. The van der Waals surface area contributed by atoms with Gasteiger partial charge in [-0.2, -0.15) is 0 Å². The van der Waals surface area contributed by atoms with E-state index in [2.05, 4.69) is 153 Å². The molecule has 0 atom stereocenters. The molecule has 6 aromatic carbocycles. The van der Waals surface area contributed by atoms with Crippen molar-refractivity contribution in [2.24, 2.45) is 0 Å². The molecule has 0 saturated carbocycles. The number of rotatable bonds is 3. The average molecular weight is 560 g/mol. The van der Waals surface area contributed by atoms with E-state index in [0.29, 0.717) is 0 Å². The van der Waals surface area contributed by atoms with Crippen LogP contribution in [0, 0.1) is 0 Å². The van der Waals surface area contributed by atoms with Crippen LogP contribution >= 0.6 is 0 Å². The molecule has 0 aliphatic heterocycles. The molecule has 3 nitrogen and oxygen atoms in total. The second-order valence-corrected chi connectivity index (χ2v) is 11.7. The minimum atomic E-state index is 1.16. The summed E-state index contributed by atoms with van der Waals surface area (Å²) >= 11 is 0. The van der Waals surface area contributed by atoms with E-state index < -0.39 is 0 Å². The normalized spacial score (nSPS) is 12.1. The van der Waals surface area contributed by atoms with Crippen LogP contribution in [0.15, 0.2) is 152 Å². The molecule has 4 aromatic heterocycles. The summed E-state index contributed by atoms with van der Waals surface area (Å²) in [7, 11) is 0. The molecule has 204 valence electrons. The molecule has 4 heterocycles. The Bertz CT molecular complexity index is 2690. The lowest BCUT2D eigenvalue weighted by atomic mass is 10.0. The van der Waals surface area contributed by atoms with Crippen molar-refractivity contribution in [3.8, 4) is 27.9 Å². The largest absolute Gasteiger partial charge is 0.309 e. The van der Waals surface area contributed by atoms with Crippen LogP contribution in [0.5, 0.6) is 0 Å². The molecule has 10 rings (SSSR count). The first kappa shape index (κ1) is 23.6. The maximum atomic E-state index is 4.43. The fraction of sp³-hybridized carbons (Fsp3) is 0. The Hall–Kier alpha value is -5.93. The molecular weight excluding hydrogens is 534 g/mol. The first-order valence-corrected chi connectivity index (χ1v) is 15.0. The summed E-state index contributed by atoms with van der Waals surface area (Å²) in [6, 6.07) is 50.8. The second-order valence-electron chi connectivity index (χ2n) is 11.7. The number of aromatic nitrogens is 3. The monoisotopic (exact) mass is 559 g/mol. The zero-order valence-electron chi connectivity index (χ0n) is 23.8. The van der Waals surface area contributed by atoms with Crippen LogP contribution in [-0.2, 0) is 0 Å². The van der Waals surface area contributed by atoms with E-state index in [-0.39, 0.29) is 0 Å². The Kier molecular flexibility index (Phi) is 4.72. The van der Waals surface area contributed by atoms with Gasteiger partial charge in [-0.05, 0) is 64.7 Å². The Labute approximate surface area is 253 Å². The lowest BCUT2D eigenvalue weighted by Crippen LogP contribution is -1.93. The van der Waals surface area contributed by atoms with Gasteiger partial charge in [0.25, 0.3) is 0 Å². The number of hydrogen-bond donors (Lipinski definition) is 0.